The van der Waals surface area contributed by atoms with Crippen molar-refractivity contribution in [1.82, 2.24) is 19.9 Å². The van der Waals surface area contributed by atoms with Crippen LogP contribution in [0.2, 0.25) is 0 Å². The molecule has 1 fully saturated rings. The Morgan fingerprint density at radius 1 is 1.05 bits per heavy atom. The van der Waals surface area contributed by atoms with E-state index in [0.717, 1.165) is 16.3 Å². The fourth-order valence-electron chi connectivity index (χ4n) is 4.74. The quantitative estimate of drug-likeness (QED) is 0.288. The van der Waals surface area contributed by atoms with E-state index in [1.807, 2.05) is 43.3 Å². The number of ether oxygens (including phenoxy) is 2. The van der Waals surface area contributed by atoms with Crippen LogP contribution < -0.4 is 15.8 Å². The third-order valence-electron chi connectivity index (χ3n) is 6.53. The van der Waals surface area contributed by atoms with Crippen molar-refractivity contribution in [2.24, 2.45) is 0 Å². The fourth-order valence-corrected chi connectivity index (χ4v) is 4.74. The van der Waals surface area contributed by atoms with Crippen molar-refractivity contribution in [1.29, 1.82) is 0 Å². The van der Waals surface area contributed by atoms with Gasteiger partial charge in [-0.25, -0.2) is 24.1 Å². The van der Waals surface area contributed by atoms with Gasteiger partial charge in [-0.05, 0) is 57.5 Å². The zero-order chi connectivity index (χ0) is 28.4. The highest BCUT2D eigenvalue weighted by Gasteiger charge is 2.33. The van der Waals surface area contributed by atoms with Gasteiger partial charge in [0, 0.05) is 47.9 Å². The first-order valence-electron chi connectivity index (χ1n) is 13.2. The Morgan fingerprint density at radius 2 is 1.88 bits per heavy atom. The highest BCUT2D eigenvalue weighted by molar-refractivity contribution is 5.97. The van der Waals surface area contributed by atoms with Crippen LogP contribution in [-0.2, 0) is 4.74 Å². The van der Waals surface area contributed by atoms with E-state index in [2.05, 4.69) is 20.3 Å². The van der Waals surface area contributed by atoms with E-state index in [-0.39, 0.29) is 25.6 Å². The van der Waals surface area contributed by atoms with E-state index in [9.17, 15) is 9.18 Å². The number of aromatic nitrogens is 3. The van der Waals surface area contributed by atoms with Crippen molar-refractivity contribution in [3.05, 3.63) is 66.5 Å². The molecule has 1 aliphatic heterocycles. The summed E-state index contributed by atoms with van der Waals surface area (Å²) in [6.45, 7) is 7.58. The molecule has 0 aliphatic carbocycles. The number of nitrogens with one attached hydrogen (secondary N) is 1. The largest absolute Gasteiger partial charge is 0.444 e. The summed E-state index contributed by atoms with van der Waals surface area (Å²) < 4.78 is 26.4. The van der Waals surface area contributed by atoms with Gasteiger partial charge >= 0.3 is 6.09 Å². The summed E-state index contributed by atoms with van der Waals surface area (Å²) in [4.78, 5) is 27.4. The minimum absolute atomic E-state index is 0.0103. The van der Waals surface area contributed by atoms with Crippen LogP contribution in [0.25, 0.3) is 22.0 Å². The first-order valence-corrected chi connectivity index (χ1v) is 13.2. The van der Waals surface area contributed by atoms with Crippen LogP contribution in [0.15, 0.2) is 60.9 Å². The lowest BCUT2D eigenvalue weighted by Gasteiger charge is -2.36. The summed E-state index contributed by atoms with van der Waals surface area (Å²) in [5.74, 6) is 1.35. The van der Waals surface area contributed by atoms with Crippen molar-refractivity contribution >= 4 is 28.5 Å². The van der Waals surface area contributed by atoms with Gasteiger partial charge in [0.2, 0.25) is 11.8 Å². The van der Waals surface area contributed by atoms with E-state index in [1.165, 1.54) is 4.90 Å². The van der Waals surface area contributed by atoms with Gasteiger partial charge in [0.15, 0.2) is 0 Å². The number of rotatable bonds is 5. The second kappa shape index (κ2) is 11.0. The molecule has 0 saturated carbocycles. The van der Waals surface area contributed by atoms with Crippen LogP contribution in [0.1, 0.15) is 32.8 Å². The fraction of sp³-hybridized carbons (Fsp3) is 0.333. The lowest BCUT2D eigenvalue weighted by atomic mass is 10.0. The molecule has 2 aromatic carbocycles. The molecule has 3 heterocycles. The van der Waals surface area contributed by atoms with Crippen LogP contribution in [-0.4, -0.2) is 56.8 Å². The van der Waals surface area contributed by atoms with Gasteiger partial charge in [-0.3, -0.25) is 0 Å². The summed E-state index contributed by atoms with van der Waals surface area (Å²) in [6.07, 6.45) is 1.75. The van der Waals surface area contributed by atoms with Gasteiger partial charge in [0.1, 0.15) is 17.5 Å². The average Bonchev–Trinajstić information content (AvgIpc) is 2.89. The Labute approximate surface area is 232 Å². The number of carbonyl (C=O) groups excluding carboxylic acids is 1. The summed E-state index contributed by atoms with van der Waals surface area (Å²) in [5, 5.41) is 4.97. The molecule has 3 N–H and O–H groups in total. The Hall–Kier alpha value is -4.47. The number of nitrogen functional groups attached to an aromatic ring is 1. The summed E-state index contributed by atoms with van der Waals surface area (Å²) in [7, 11) is 0. The molecule has 5 rings (SSSR count). The molecule has 2 unspecified atom stereocenters. The van der Waals surface area contributed by atoms with Gasteiger partial charge in [-0.15, -0.1) is 0 Å². The number of likely N-dealkylation sites (tertiary alicyclic amines) is 1. The SMILES string of the molecule is Cc1ccc2c(N)cccc2c1Oc1ncccc1-c1ccnc(NC2CC(F)CN(C(=O)OC(C)(C)C)C2)n1. The molecule has 0 bridgehead atoms. The first-order chi connectivity index (χ1) is 19.1. The molecule has 10 heteroatoms. The molecule has 0 spiro atoms. The topological polar surface area (TPSA) is 115 Å². The van der Waals surface area contributed by atoms with Crippen molar-refractivity contribution < 1.29 is 18.7 Å². The van der Waals surface area contributed by atoms with E-state index >= 15 is 0 Å². The number of alkyl halides is 1. The highest BCUT2D eigenvalue weighted by Crippen LogP contribution is 2.38. The lowest BCUT2D eigenvalue weighted by molar-refractivity contribution is 0.0124. The van der Waals surface area contributed by atoms with Gasteiger partial charge in [0.05, 0.1) is 17.8 Å². The molecule has 1 amide bonds. The predicted octanol–water partition coefficient (Wildman–Crippen LogP) is 6.13. The number of benzene rings is 2. The summed E-state index contributed by atoms with van der Waals surface area (Å²) in [5.41, 5.74) is 8.37. The van der Waals surface area contributed by atoms with Crippen LogP contribution in [0.4, 0.5) is 20.8 Å². The van der Waals surface area contributed by atoms with Gasteiger partial charge in [-0.1, -0.05) is 24.3 Å². The normalized spacial score (nSPS) is 17.5. The minimum Gasteiger partial charge on any atom is -0.444 e. The van der Waals surface area contributed by atoms with Crippen LogP contribution in [0.5, 0.6) is 11.6 Å². The summed E-state index contributed by atoms with van der Waals surface area (Å²) in [6, 6.07) is 14.7. The van der Waals surface area contributed by atoms with E-state index in [0.29, 0.717) is 34.5 Å². The molecular weight excluding hydrogens is 511 g/mol. The standard InChI is InChI=1S/C30H33FN6O3/c1-18-10-11-21-22(7-5-9-24(21)32)26(18)39-27-23(8-6-13-33-27)25-12-14-34-28(36-25)35-20-15-19(31)16-37(17-20)29(38)40-30(2,3)4/h5-14,19-20H,15-17,32H2,1-4H3,(H,34,35,36). The van der Waals surface area contributed by atoms with Crippen LogP contribution in [0.3, 0.4) is 0 Å². The Morgan fingerprint density at radius 3 is 2.67 bits per heavy atom. The number of piperidine rings is 1. The maximum atomic E-state index is 14.6. The molecule has 208 valence electrons. The van der Waals surface area contributed by atoms with Crippen molar-refractivity contribution in [2.45, 2.75) is 51.9 Å². The number of carbonyl (C=O) groups is 1. The molecular formula is C30H33FN6O3. The molecule has 0 radical (unpaired) electrons. The van der Waals surface area contributed by atoms with Crippen LogP contribution in [0, 0.1) is 6.92 Å². The van der Waals surface area contributed by atoms with Crippen molar-refractivity contribution in [3.8, 4) is 22.9 Å². The maximum absolute atomic E-state index is 14.6. The number of pyridine rings is 1. The zero-order valence-electron chi connectivity index (χ0n) is 23.0. The lowest BCUT2D eigenvalue weighted by Crippen LogP contribution is -2.51. The van der Waals surface area contributed by atoms with Crippen LogP contribution >= 0.6 is 0 Å². The number of fused-ring (bicyclic) bond motifs is 1. The minimum atomic E-state index is -1.20. The average molecular weight is 545 g/mol. The number of anilines is 2. The second-order valence-corrected chi connectivity index (χ2v) is 10.9. The number of hydrogen-bond donors (Lipinski definition) is 2. The van der Waals surface area contributed by atoms with Crippen molar-refractivity contribution in [2.75, 3.05) is 24.1 Å². The van der Waals surface area contributed by atoms with Gasteiger partial charge in [-0.2, -0.15) is 0 Å². The molecule has 1 saturated heterocycles. The molecule has 40 heavy (non-hydrogen) atoms. The first kappa shape index (κ1) is 27.1. The Bertz CT molecular complexity index is 1540. The summed E-state index contributed by atoms with van der Waals surface area (Å²) >= 11 is 0. The molecule has 2 aromatic heterocycles. The smallest absolute Gasteiger partial charge is 0.410 e. The molecule has 4 aromatic rings. The van der Waals surface area contributed by atoms with E-state index in [1.54, 1.807) is 45.3 Å². The molecule has 9 nitrogen and oxygen atoms in total. The Balaban J connectivity index is 1.39. The Kier molecular flexibility index (Phi) is 7.42. The third kappa shape index (κ3) is 6.06. The second-order valence-electron chi connectivity index (χ2n) is 10.9. The monoisotopic (exact) mass is 544 g/mol. The van der Waals surface area contributed by atoms with Gasteiger partial charge < -0.3 is 25.4 Å². The number of amides is 1. The maximum Gasteiger partial charge on any atom is 0.410 e. The molecule has 1 aliphatic rings. The predicted molar refractivity (Wildman–Crippen MR) is 153 cm³/mol. The number of hydrogen-bond acceptors (Lipinski definition) is 8. The van der Waals surface area contributed by atoms with E-state index < -0.39 is 17.9 Å². The van der Waals surface area contributed by atoms with Crippen molar-refractivity contribution in [3.63, 3.8) is 0 Å². The number of nitrogens with two attached hydrogens (primary N) is 1. The highest BCUT2D eigenvalue weighted by atomic mass is 19.1. The number of aryl methyl sites for hydroxylation is 1. The van der Waals surface area contributed by atoms with E-state index in [4.69, 9.17) is 15.2 Å². The van der Waals surface area contributed by atoms with Gasteiger partial charge in [0.25, 0.3) is 0 Å². The number of halogens is 1. The molecule has 2 atom stereocenters. The number of nitrogens with zero attached hydrogens (tertiary/aromatic N) is 4. The third-order valence-corrected chi connectivity index (χ3v) is 6.53. The zero-order valence-corrected chi connectivity index (χ0v) is 23.0.